The highest BCUT2D eigenvalue weighted by Gasteiger charge is 2.26. The monoisotopic (exact) mass is 236 g/mol. The maximum Gasteiger partial charge on any atom is 0.390 e. The molecule has 1 unspecified atom stereocenters. The smallest absolute Gasteiger partial charge is 0.310 e. The quantitative estimate of drug-likeness (QED) is 0.813. The molecule has 6 heteroatoms. The van der Waals surface area contributed by atoms with Gasteiger partial charge < -0.3 is 5.32 Å². The third-order valence-electron chi connectivity index (χ3n) is 2.09. The van der Waals surface area contributed by atoms with Crippen LogP contribution < -0.4 is 5.32 Å². The summed E-state index contributed by atoms with van der Waals surface area (Å²) in [6.07, 6.45) is -2.60. The third-order valence-corrected chi connectivity index (χ3v) is 2.09. The van der Waals surface area contributed by atoms with Crippen LogP contribution in [-0.2, 0) is 0 Å². The zero-order chi connectivity index (χ0) is 12.2. The lowest BCUT2D eigenvalue weighted by molar-refractivity contribution is -0.133. The zero-order valence-electron chi connectivity index (χ0n) is 8.68. The Hall–Kier alpha value is -1.17. The van der Waals surface area contributed by atoms with E-state index in [9.17, 15) is 17.6 Å². The van der Waals surface area contributed by atoms with Gasteiger partial charge in [0.25, 0.3) is 0 Å². The number of halogens is 4. The Kier molecular flexibility index (Phi) is 4.23. The molecule has 1 aromatic rings. The molecule has 90 valence electrons. The van der Waals surface area contributed by atoms with E-state index in [1.807, 2.05) is 0 Å². The molecule has 0 aliphatic carbocycles. The van der Waals surface area contributed by atoms with Gasteiger partial charge in [-0.15, -0.1) is 0 Å². The summed E-state index contributed by atoms with van der Waals surface area (Å²) in [5.41, 5.74) is 0.530. The van der Waals surface area contributed by atoms with E-state index in [0.29, 0.717) is 5.56 Å². The molecule has 1 heterocycles. The van der Waals surface area contributed by atoms with Gasteiger partial charge in [-0.1, -0.05) is 0 Å². The minimum atomic E-state index is -4.17. The minimum Gasteiger partial charge on any atom is -0.310 e. The molecule has 2 nitrogen and oxygen atoms in total. The molecule has 0 aromatic carbocycles. The summed E-state index contributed by atoms with van der Waals surface area (Å²) in [6, 6.07) is 0.892. The molecule has 1 atom stereocenters. The van der Waals surface area contributed by atoms with Crippen LogP contribution in [0.5, 0.6) is 0 Å². The van der Waals surface area contributed by atoms with Gasteiger partial charge in [-0.25, -0.2) is 4.39 Å². The Morgan fingerprint density at radius 3 is 2.62 bits per heavy atom. The second-order valence-electron chi connectivity index (χ2n) is 3.48. The van der Waals surface area contributed by atoms with E-state index in [2.05, 4.69) is 10.3 Å². The van der Waals surface area contributed by atoms with Crippen LogP contribution in [0, 0.1) is 5.82 Å². The van der Waals surface area contributed by atoms with E-state index in [4.69, 9.17) is 0 Å². The van der Waals surface area contributed by atoms with Crippen molar-refractivity contribution in [2.45, 2.75) is 25.6 Å². The van der Waals surface area contributed by atoms with E-state index in [-0.39, 0.29) is 12.6 Å². The molecule has 16 heavy (non-hydrogen) atoms. The maximum absolute atomic E-state index is 12.8. The van der Waals surface area contributed by atoms with E-state index < -0.39 is 18.4 Å². The zero-order valence-corrected chi connectivity index (χ0v) is 8.68. The number of nitrogens with one attached hydrogen (secondary N) is 1. The fourth-order valence-corrected chi connectivity index (χ4v) is 1.21. The van der Waals surface area contributed by atoms with Crippen LogP contribution in [-0.4, -0.2) is 17.7 Å². The van der Waals surface area contributed by atoms with Gasteiger partial charge in [0.1, 0.15) is 5.82 Å². The van der Waals surface area contributed by atoms with Gasteiger partial charge in [0, 0.05) is 18.8 Å². The molecule has 1 rings (SSSR count). The Labute approximate surface area is 90.7 Å². The van der Waals surface area contributed by atoms with E-state index >= 15 is 0 Å². The summed E-state index contributed by atoms with van der Waals surface area (Å²) >= 11 is 0. The molecule has 0 bridgehead atoms. The molecule has 1 N–H and O–H groups in total. The van der Waals surface area contributed by atoms with Gasteiger partial charge in [-0.05, 0) is 18.6 Å². The Balaban J connectivity index is 2.44. The van der Waals surface area contributed by atoms with Gasteiger partial charge in [0.2, 0.25) is 0 Å². The molecule has 0 aliphatic heterocycles. The highest BCUT2D eigenvalue weighted by Crippen LogP contribution is 2.19. The van der Waals surface area contributed by atoms with Crippen molar-refractivity contribution >= 4 is 0 Å². The van der Waals surface area contributed by atoms with Gasteiger partial charge >= 0.3 is 6.18 Å². The molecular formula is C10H12F4N2. The normalized spacial score (nSPS) is 13.8. The van der Waals surface area contributed by atoms with Crippen molar-refractivity contribution < 1.29 is 17.6 Å². The average molecular weight is 236 g/mol. The predicted octanol–water partition coefficient (Wildman–Crippen LogP) is 2.82. The topological polar surface area (TPSA) is 24.9 Å². The first kappa shape index (κ1) is 12.9. The lowest BCUT2D eigenvalue weighted by Crippen LogP contribution is -2.24. The first-order valence-corrected chi connectivity index (χ1v) is 4.79. The van der Waals surface area contributed by atoms with Crippen LogP contribution in [0.2, 0.25) is 0 Å². The van der Waals surface area contributed by atoms with Crippen molar-refractivity contribution in [3.8, 4) is 0 Å². The van der Waals surface area contributed by atoms with Crippen molar-refractivity contribution in [2.75, 3.05) is 6.54 Å². The first-order chi connectivity index (χ1) is 7.38. The van der Waals surface area contributed by atoms with Gasteiger partial charge in [0.05, 0.1) is 12.6 Å². The minimum absolute atomic E-state index is 0.193. The fraction of sp³-hybridized carbons (Fsp3) is 0.500. The number of hydrogen-bond acceptors (Lipinski definition) is 2. The second kappa shape index (κ2) is 5.25. The van der Waals surface area contributed by atoms with Crippen molar-refractivity contribution in [2.24, 2.45) is 0 Å². The van der Waals surface area contributed by atoms with Crippen molar-refractivity contribution in [3.05, 3.63) is 29.8 Å². The maximum atomic E-state index is 12.8. The molecule has 0 saturated carbocycles. The summed E-state index contributed by atoms with van der Waals surface area (Å²) in [4.78, 5) is 3.62. The average Bonchev–Trinajstić information content (AvgIpc) is 2.15. The van der Waals surface area contributed by atoms with Crippen LogP contribution in [0.1, 0.15) is 24.9 Å². The number of aromatic nitrogens is 1. The molecule has 0 radical (unpaired) electrons. The van der Waals surface area contributed by atoms with Crippen LogP contribution in [0.4, 0.5) is 17.6 Å². The van der Waals surface area contributed by atoms with E-state index in [0.717, 1.165) is 6.20 Å². The number of hydrogen-bond donors (Lipinski definition) is 1. The molecular weight excluding hydrogens is 224 g/mol. The predicted molar refractivity (Wildman–Crippen MR) is 51.3 cm³/mol. The van der Waals surface area contributed by atoms with Crippen LogP contribution in [0.15, 0.2) is 18.5 Å². The number of pyridine rings is 1. The lowest BCUT2D eigenvalue weighted by atomic mass is 10.1. The Morgan fingerprint density at radius 2 is 2.06 bits per heavy atom. The SMILES string of the molecule is CC(NCCC(F)(F)F)c1cncc(F)c1. The summed E-state index contributed by atoms with van der Waals surface area (Å²) < 4.78 is 48.3. The second-order valence-corrected chi connectivity index (χ2v) is 3.48. The summed E-state index contributed by atoms with van der Waals surface area (Å²) in [5.74, 6) is -0.498. The number of alkyl halides is 3. The first-order valence-electron chi connectivity index (χ1n) is 4.79. The number of rotatable bonds is 4. The lowest BCUT2D eigenvalue weighted by Gasteiger charge is -2.14. The van der Waals surface area contributed by atoms with E-state index in [1.54, 1.807) is 6.92 Å². The molecule has 0 saturated heterocycles. The Morgan fingerprint density at radius 1 is 1.38 bits per heavy atom. The van der Waals surface area contributed by atoms with Gasteiger partial charge in [0.15, 0.2) is 0 Å². The van der Waals surface area contributed by atoms with Crippen LogP contribution >= 0.6 is 0 Å². The third kappa shape index (κ3) is 4.57. The number of nitrogens with zero attached hydrogens (tertiary/aromatic N) is 1. The van der Waals surface area contributed by atoms with Crippen LogP contribution in [0.25, 0.3) is 0 Å². The van der Waals surface area contributed by atoms with E-state index in [1.165, 1.54) is 12.3 Å². The van der Waals surface area contributed by atoms with Gasteiger partial charge in [-0.3, -0.25) is 4.98 Å². The van der Waals surface area contributed by atoms with Crippen molar-refractivity contribution in [1.82, 2.24) is 10.3 Å². The molecule has 1 aromatic heterocycles. The standard InChI is InChI=1S/C10H12F4N2/c1-7(16-3-2-10(12,13)14)8-4-9(11)6-15-5-8/h4-7,16H,2-3H2,1H3. The van der Waals surface area contributed by atoms with Gasteiger partial charge in [-0.2, -0.15) is 13.2 Å². The highest BCUT2D eigenvalue weighted by atomic mass is 19.4. The van der Waals surface area contributed by atoms with Crippen LogP contribution in [0.3, 0.4) is 0 Å². The molecule has 0 amide bonds. The van der Waals surface area contributed by atoms with Crippen molar-refractivity contribution in [3.63, 3.8) is 0 Å². The highest BCUT2D eigenvalue weighted by molar-refractivity contribution is 5.14. The summed E-state index contributed by atoms with van der Waals surface area (Å²) in [7, 11) is 0. The Bertz CT molecular complexity index is 338. The fourth-order valence-electron chi connectivity index (χ4n) is 1.21. The summed E-state index contributed by atoms with van der Waals surface area (Å²) in [6.45, 7) is 1.47. The largest absolute Gasteiger partial charge is 0.390 e. The molecule has 0 fully saturated rings. The molecule has 0 spiro atoms. The molecule has 0 aliphatic rings. The summed E-state index contributed by atoms with van der Waals surface area (Å²) in [5, 5.41) is 2.66. The van der Waals surface area contributed by atoms with Crippen molar-refractivity contribution in [1.29, 1.82) is 0 Å².